The molecule has 0 saturated heterocycles. The molecule has 0 rings (SSSR count). The minimum atomic E-state index is -0.361. The van der Waals surface area contributed by atoms with E-state index in [1.807, 2.05) is 20.8 Å². The maximum atomic E-state index is 9.63. The van der Waals surface area contributed by atoms with Crippen LogP contribution in [0.25, 0.3) is 0 Å². The Morgan fingerprint density at radius 3 is 2.15 bits per heavy atom. The van der Waals surface area contributed by atoms with Crippen molar-refractivity contribution in [3.63, 3.8) is 0 Å². The number of hydrogen-bond donors (Lipinski definition) is 1. The molecule has 1 N–H and O–H groups in total. The Bertz CT molecular complexity index is 125. The van der Waals surface area contributed by atoms with Gasteiger partial charge in [0.1, 0.15) is 0 Å². The highest BCUT2D eigenvalue weighted by Gasteiger charge is 2.21. The quantitative estimate of drug-likeness (QED) is 0.672. The minimum Gasteiger partial charge on any atom is -0.390 e. The topological polar surface area (TPSA) is 29.5 Å². The second kappa shape index (κ2) is 5.61. The van der Waals surface area contributed by atoms with E-state index in [0.29, 0.717) is 12.5 Å². The van der Waals surface area contributed by atoms with E-state index in [1.165, 1.54) is 0 Å². The first-order valence-corrected chi connectivity index (χ1v) is 5.10. The normalized spacial score (nSPS) is 15.0. The Kier molecular flexibility index (Phi) is 5.57. The molecule has 1 atom stereocenters. The van der Waals surface area contributed by atoms with Crippen molar-refractivity contribution < 1.29 is 9.84 Å². The van der Waals surface area contributed by atoms with Crippen molar-refractivity contribution in [3.05, 3.63) is 0 Å². The predicted octanol–water partition coefficient (Wildman–Crippen LogP) is 2.46. The van der Waals surface area contributed by atoms with Crippen LogP contribution in [0.4, 0.5) is 0 Å². The van der Waals surface area contributed by atoms with Gasteiger partial charge >= 0.3 is 0 Å². The summed E-state index contributed by atoms with van der Waals surface area (Å²) < 4.78 is 5.38. The molecule has 0 bridgehead atoms. The number of aliphatic hydroxyl groups excluding tert-OH is 1. The fraction of sp³-hybridized carbons (Fsp3) is 1.00. The molecule has 0 aromatic carbocycles. The third-order valence-corrected chi connectivity index (χ3v) is 2.11. The van der Waals surface area contributed by atoms with Crippen LogP contribution in [0, 0.1) is 11.3 Å². The van der Waals surface area contributed by atoms with Gasteiger partial charge < -0.3 is 9.84 Å². The molecule has 0 fully saturated rings. The van der Waals surface area contributed by atoms with Crippen LogP contribution in [0.2, 0.25) is 0 Å². The van der Waals surface area contributed by atoms with E-state index in [9.17, 15) is 5.11 Å². The van der Waals surface area contributed by atoms with Crippen LogP contribution in [0.1, 0.15) is 41.0 Å². The SMILES string of the molecule is CC(C)CCOCC(O)C(C)(C)C. The van der Waals surface area contributed by atoms with Crippen molar-refractivity contribution in [2.75, 3.05) is 13.2 Å². The largest absolute Gasteiger partial charge is 0.390 e. The molecule has 0 saturated carbocycles. The lowest BCUT2D eigenvalue weighted by atomic mass is 9.90. The van der Waals surface area contributed by atoms with Gasteiger partial charge in [0.25, 0.3) is 0 Å². The predicted molar refractivity (Wildman–Crippen MR) is 55.7 cm³/mol. The molecule has 0 spiro atoms. The molecule has 2 heteroatoms. The standard InChI is InChI=1S/C11H24O2/c1-9(2)6-7-13-8-10(12)11(3,4)5/h9-10,12H,6-8H2,1-5H3. The summed E-state index contributed by atoms with van der Waals surface area (Å²) in [6.45, 7) is 11.6. The van der Waals surface area contributed by atoms with Crippen LogP contribution in [-0.4, -0.2) is 24.4 Å². The van der Waals surface area contributed by atoms with Crippen molar-refractivity contribution >= 4 is 0 Å². The number of hydrogen-bond acceptors (Lipinski definition) is 2. The summed E-state index contributed by atoms with van der Waals surface area (Å²) in [4.78, 5) is 0. The van der Waals surface area contributed by atoms with Gasteiger partial charge in [-0.2, -0.15) is 0 Å². The van der Waals surface area contributed by atoms with E-state index >= 15 is 0 Å². The van der Waals surface area contributed by atoms with E-state index in [1.54, 1.807) is 0 Å². The molecule has 13 heavy (non-hydrogen) atoms. The van der Waals surface area contributed by atoms with Gasteiger partial charge in [-0.05, 0) is 17.8 Å². The second-order valence-electron chi connectivity index (χ2n) is 5.14. The maximum absolute atomic E-state index is 9.63. The molecule has 0 aliphatic heterocycles. The first-order chi connectivity index (χ1) is 5.84. The molecule has 0 aromatic rings. The lowest BCUT2D eigenvalue weighted by molar-refractivity contribution is -0.0224. The Morgan fingerprint density at radius 1 is 1.23 bits per heavy atom. The van der Waals surface area contributed by atoms with Gasteiger partial charge in [0.05, 0.1) is 12.7 Å². The van der Waals surface area contributed by atoms with Crippen LogP contribution in [0.3, 0.4) is 0 Å². The van der Waals surface area contributed by atoms with Gasteiger partial charge in [0, 0.05) is 6.61 Å². The Labute approximate surface area is 82.3 Å². The molecule has 1 unspecified atom stereocenters. The van der Waals surface area contributed by atoms with Crippen molar-refractivity contribution in [3.8, 4) is 0 Å². The summed E-state index contributed by atoms with van der Waals surface area (Å²) in [6, 6.07) is 0. The van der Waals surface area contributed by atoms with Gasteiger partial charge in [-0.25, -0.2) is 0 Å². The molecule has 0 aliphatic rings. The number of ether oxygens (including phenoxy) is 1. The first-order valence-electron chi connectivity index (χ1n) is 5.10. The summed E-state index contributed by atoms with van der Waals surface area (Å²) in [6.07, 6.45) is 0.705. The smallest absolute Gasteiger partial charge is 0.0821 e. The van der Waals surface area contributed by atoms with Crippen molar-refractivity contribution in [2.45, 2.75) is 47.1 Å². The third kappa shape index (κ3) is 7.03. The highest BCUT2D eigenvalue weighted by atomic mass is 16.5. The van der Waals surface area contributed by atoms with Gasteiger partial charge in [0.2, 0.25) is 0 Å². The lowest BCUT2D eigenvalue weighted by Gasteiger charge is -2.25. The molecule has 0 heterocycles. The fourth-order valence-corrected chi connectivity index (χ4v) is 0.764. The Morgan fingerprint density at radius 2 is 1.77 bits per heavy atom. The molecule has 0 aliphatic carbocycles. The highest BCUT2D eigenvalue weighted by molar-refractivity contribution is 4.71. The number of aliphatic hydroxyl groups is 1. The van der Waals surface area contributed by atoms with Crippen LogP contribution < -0.4 is 0 Å². The van der Waals surface area contributed by atoms with Crippen LogP contribution in [0.5, 0.6) is 0 Å². The fourth-order valence-electron chi connectivity index (χ4n) is 0.764. The molecule has 0 radical (unpaired) electrons. The highest BCUT2D eigenvalue weighted by Crippen LogP contribution is 2.19. The zero-order chi connectivity index (χ0) is 10.5. The maximum Gasteiger partial charge on any atom is 0.0821 e. The summed E-state index contributed by atoms with van der Waals surface area (Å²) in [5.74, 6) is 0.673. The molecule has 80 valence electrons. The van der Waals surface area contributed by atoms with Gasteiger partial charge in [0.15, 0.2) is 0 Å². The lowest BCUT2D eigenvalue weighted by Crippen LogP contribution is -2.30. The summed E-state index contributed by atoms with van der Waals surface area (Å²) >= 11 is 0. The minimum absolute atomic E-state index is 0.0716. The molecule has 0 aromatic heterocycles. The summed E-state index contributed by atoms with van der Waals surface area (Å²) in [7, 11) is 0. The monoisotopic (exact) mass is 188 g/mol. The van der Waals surface area contributed by atoms with Gasteiger partial charge in [-0.1, -0.05) is 34.6 Å². The van der Waals surface area contributed by atoms with Gasteiger partial charge in [-0.15, -0.1) is 0 Å². The third-order valence-electron chi connectivity index (χ3n) is 2.11. The zero-order valence-electron chi connectivity index (χ0n) is 9.63. The van der Waals surface area contributed by atoms with Gasteiger partial charge in [-0.3, -0.25) is 0 Å². The summed E-state index contributed by atoms with van der Waals surface area (Å²) in [5.41, 5.74) is -0.0716. The van der Waals surface area contributed by atoms with E-state index in [4.69, 9.17) is 4.74 Å². The van der Waals surface area contributed by atoms with Crippen LogP contribution in [-0.2, 0) is 4.74 Å². The summed E-state index contributed by atoms with van der Waals surface area (Å²) in [5, 5.41) is 9.63. The first kappa shape index (κ1) is 12.9. The van der Waals surface area contributed by atoms with Crippen molar-refractivity contribution in [2.24, 2.45) is 11.3 Å². The molecular formula is C11H24O2. The van der Waals surface area contributed by atoms with Crippen LogP contribution >= 0.6 is 0 Å². The van der Waals surface area contributed by atoms with E-state index in [2.05, 4.69) is 13.8 Å². The van der Waals surface area contributed by atoms with Crippen molar-refractivity contribution in [1.82, 2.24) is 0 Å². The number of rotatable bonds is 5. The van der Waals surface area contributed by atoms with E-state index in [0.717, 1.165) is 13.0 Å². The van der Waals surface area contributed by atoms with Crippen molar-refractivity contribution in [1.29, 1.82) is 0 Å². The second-order valence-corrected chi connectivity index (χ2v) is 5.14. The Hall–Kier alpha value is -0.0800. The molecule has 2 nitrogen and oxygen atoms in total. The molecule has 0 amide bonds. The average molecular weight is 188 g/mol. The van der Waals surface area contributed by atoms with Crippen LogP contribution in [0.15, 0.2) is 0 Å². The van der Waals surface area contributed by atoms with E-state index < -0.39 is 0 Å². The van der Waals surface area contributed by atoms with E-state index in [-0.39, 0.29) is 11.5 Å². The average Bonchev–Trinajstić information content (AvgIpc) is 1.95. The zero-order valence-corrected chi connectivity index (χ0v) is 9.63. The Balaban J connectivity index is 3.43. The molecular weight excluding hydrogens is 164 g/mol.